The lowest BCUT2D eigenvalue weighted by molar-refractivity contribution is 0.166. The van der Waals surface area contributed by atoms with E-state index in [1.807, 2.05) is 11.9 Å². The Balaban J connectivity index is 3.69. The molecule has 14 heavy (non-hydrogen) atoms. The van der Waals surface area contributed by atoms with E-state index in [0.29, 0.717) is 13.0 Å². The summed E-state index contributed by atoms with van der Waals surface area (Å²) in [7, 11) is -0.989. The predicted octanol–water partition coefficient (Wildman–Crippen LogP) is 0.124. The molecule has 0 fully saturated rings. The molecule has 0 heterocycles. The second-order valence-corrected chi connectivity index (χ2v) is 6.15. The Bertz CT molecular complexity index is 236. The fourth-order valence-corrected chi connectivity index (χ4v) is 1.84. The molecule has 0 aromatic carbocycles. The van der Waals surface area contributed by atoms with Crippen molar-refractivity contribution in [3.63, 3.8) is 0 Å². The average molecular weight is 223 g/mol. The van der Waals surface area contributed by atoms with Crippen molar-refractivity contribution in [2.24, 2.45) is 0 Å². The first-order chi connectivity index (χ1) is 6.37. The van der Waals surface area contributed by atoms with Crippen LogP contribution in [0.3, 0.4) is 0 Å². The quantitative estimate of drug-likeness (QED) is 0.666. The van der Waals surface area contributed by atoms with Gasteiger partial charge in [-0.25, -0.2) is 8.42 Å². The molecular formula is C9H21NO3S. The SMILES string of the molecule is CCS(=O)(=O)CCN(C)CCC(C)O. The molecule has 1 N–H and O–H groups in total. The van der Waals surface area contributed by atoms with Crippen molar-refractivity contribution in [3.8, 4) is 0 Å². The van der Waals surface area contributed by atoms with Gasteiger partial charge in [0.15, 0.2) is 9.84 Å². The van der Waals surface area contributed by atoms with E-state index in [1.165, 1.54) is 0 Å². The third-order valence-corrected chi connectivity index (χ3v) is 3.84. The van der Waals surface area contributed by atoms with Gasteiger partial charge in [0.05, 0.1) is 11.9 Å². The van der Waals surface area contributed by atoms with Crippen LogP contribution in [0.25, 0.3) is 0 Å². The zero-order chi connectivity index (χ0) is 11.2. The molecule has 1 unspecified atom stereocenters. The molecule has 0 saturated heterocycles. The molecule has 5 heteroatoms. The molecule has 0 spiro atoms. The van der Waals surface area contributed by atoms with Crippen molar-refractivity contribution in [1.82, 2.24) is 4.90 Å². The van der Waals surface area contributed by atoms with E-state index >= 15 is 0 Å². The summed E-state index contributed by atoms with van der Waals surface area (Å²) in [6.07, 6.45) is 0.364. The molecule has 0 aromatic rings. The van der Waals surface area contributed by atoms with E-state index in [4.69, 9.17) is 5.11 Å². The molecule has 1 atom stereocenters. The number of hydrogen-bond acceptors (Lipinski definition) is 4. The van der Waals surface area contributed by atoms with E-state index in [0.717, 1.165) is 6.54 Å². The minimum atomic E-state index is -2.86. The molecule has 0 bridgehead atoms. The zero-order valence-corrected chi connectivity index (χ0v) is 10.0. The van der Waals surface area contributed by atoms with Crippen LogP contribution in [0, 0.1) is 0 Å². The number of aliphatic hydroxyl groups is 1. The third kappa shape index (κ3) is 7.29. The van der Waals surface area contributed by atoms with Crippen LogP contribution in [0.2, 0.25) is 0 Å². The maximum Gasteiger partial charge on any atom is 0.151 e. The largest absolute Gasteiger partial charge is 0.393 e. The minimum absolute atomic E-state index is 0.206. The van der Waals surface area contributed by atoms with Gasteiger partial charge in [-0.15, -0.1) is 0 Å². The normalized spacial score (nSPS) is 14.6. The van der Waals surface area contributed by atoms with Crippen LogP contribution in [0.5, 0.6) is 0 Å². The van der Waals surface area contributed by atoms with Gasteiger partial charge in [-0.3, -0.25) is 0 Å². The summed E-state index contributed by atoms with van der Waals surface area (Å²) in [6.45, 7) is 4.67. The minimum Gasteiger partial charge on any atom is -0.393 e. The molecule has 0 amide bonds. The van der Waals surface area contributed by atoms with E-state index in [-0.39, 0.29) is 17.6 Å². The highest BCUT2D eigenvalue weighted by atomic mass is 32.2. The Labute approximate surface area is 86.8 Å². The molecule has 0 aromatic heterocycles. The highest BCUT2D eigenvalue weighted by Crippen LogP contribution is 1.95. The summed E-state index contributed by atoms with van der Waals surface area (Å²) in [5.41, 5.74) is 0. The molecule has 4 nitrogen and oxygen atoms in total. The highest BCUT2D eigenvalue weighted by Gasteiger charge is 2.09. The Kier molecular flexibility index (Phi) is 6.31. The number of sulfone groups is 1. The van der Waals surface area contributed by atoms with E-state index in [9.17, 15) is 8.42 Å². The highest BCUT2D eigenvalue weighted by molar-refractivity contribution is 7.91. The van der Waals surface area contributed by atoms with Crippen LogP contribution in [-0.2, 0) is 9.84 Å². The fourth-order valence-electron chi connectivity index (χ4n) is 0.958. The van der Waals surface area contributed by atoms with Crippen molar-refractivity contribution in [2.75, 3.05) is 31.6 Å². The predicted molar refractivity (Wildman–Crippen MR) is 58.1 cm³/mol. The van der Waals surface area contributed by atoms with E-state index in [1.54, 1.807) is 13.8 Å². The van der Waals surface area contributed by atoms with Crippen LogP contribution < -0.4 is 0 Å². The molecule has 0 aliphatic rings. The average Bonchev–Trinajstić information content (AvgIpc) is 2.11. The van der Waals surface area contributed by atoms with Crippen LogP contribution in [0.15, 0.2) is 0 Å². The Morgan fingerprint density at radius 2 is 1.93 bits per heavy atom. The van der Waals surface area contributed by atoms with Crippen molar-refractivity contribution < 1.29 is 13.5 Å². The van der Waals surface area contributed by atoms with Gasteiger partial charge >= 0.3 is 0 Å². The summed E-state index contributed by atoms with van der Waals surface area (Å²) in [5.74, 6) is 0.414. The van der Waals surface area contributed by atoms with Gasteiger partial charge < -0.3 is 10.0 Å². The smallest absolute Gasteiger partial charge is 0.151 e. The lowest BCUT2D eigenvalue weighted by atomic mass is 10.3. The van der Waals surface area contributed by atoms with Gasteiger partial charge in [0.1, 0.15) is 0 Å². The molecule has 0 saturated carbocycles. The van der Waals surface area contributed by atoms with Gasteiger partial charge in [0.2, 0.25) is 0 Å². The molecule has 0 radical (unpaired) electrons. The third-order valence-electron chi connectivity index (χ3n) is 2.15. The summed E-state index contributed by atoms with van der Waals surface area (Å²) in [4.78, 5) is 1.93. The fraction of sp³-hybridized carbons (Fsp3) is 1.00. The van der Waals surface area contributed by atoms with E-state index < -0.39 is 9.84 Å². The van der Waals surface area contributed by atoms with Crippen molar-refractivity contribution in [2.45, 2.75) is 26.4 Å². The lowest BCUT2D eigenvalue weighted by Crippen LogP contribution is -2.28. The summed E-state index contributed by atoms with van der Waals surface area (Å²) in [5, 5.41) is 9.03. The summed E-state index contributed by atoms with van der Waals surface area (Å²) in [6, 6.07) is 0. The number of aliphatic hydroxyl groups excluding tert-OH is 1. The van der Waals surface area contributed by atoms with Gasteiger partial charge in [0, 0.05) is 18.8 Å². The van der Waals surface area contributed by atoms with Crippen molar-refractivity contribution >= 4 is 9.84 Å². The second kappa shape index (κ2) is 6.37. The Morgan fingerprint density at radius 1 is 1.36 bits per heavy atom. The number of nitrogens with zero attached hydrogens (tertiary/aromatic N) is 1. The molecule has 0 aliphatic carbocycles. The molecule has 0 rings (SSSR count). The standard InChI is InChI=1S/C9H21NO3S/c1-4-14(12,13)8-7-10(3)6-5-9(2)11/h9,11H,4-8H2,1-3H3. The van der Waals surface area contributed by atoms with Gasteiger partial charge in [-0.05, 0) is 20.4 Å². The topological polar surface area (TPSA) is 57.6 Å². The van der Waals surface area contributed by atoms with Gasteiger partial charge in [0.25, 0.3) is 0 Å². The van der Waals surface area contributed by atoms with E-state index in [2.05, 4.69) is 0 Å². The molecule has 86 valence electrons. The van der Waals surface area contributed by atoms with Crippen molar-refractivity contribution in [1.29, 1.82) is 0 Å². The Morgan fingerprint density at radius 3 is 2.36 bits per heavy atom. The monoisotopic (exact) mass is 223 g/mol. The van der Waals surface area contributed by atoms with Gasteiger partial charge in [-0.1, -0.05) is 6.92 Å². The molecular weight excluding hydrogens is 202 g/mol. The van der Waals surface area contributed by atoms with Crippen LogP contribution in [-0.4, -0.2) is 56.2 Å². The first kappa shape index (κ1) is 13.9. The maximum atomic E-state index is 11.2. The van der Waals surface area contributed by atoms with Gasteiger partial charge in [-0.2, -0.15) is 0 Å². The molecule has 0 aliphatic heterocycles. The van der Waals surface area contributed by atoms with Crippen LogP contribution >= 0.6 is 0 Å². The summed E-state index contributed by atoms with van der Waals surface area (Å²) >= 11 is 0. The van der Waals surface area contributed by atoms with Crippen LogP contribution in [0.1, 0.15) is 20.3 Å². The second-order valence-electron chi connectivity index (χ2n) is 3.68. The van der Waals surface area contributed by atoms with Crippen LogP contribution in [0.4, 0.5) is 0 Å². The first-order valence-electron chi connectivity index (χ1n) is 4.94. The summed E-state index contributed by atoms with van der Waals surface area (Å²) < 4.78 is 22.3. The lowest BCUT2D eigenvalue weighted by Gasteiger charge is -2.16. The number of hydrogen-bond donors (Lipinski definition) is 1. The van der Waals surface area contributed by atoms with Crippen molar-refractivity contribution in [3.05, 3.63) is 0 Å². The number of rotatable bonds is 7. The maximum absolute atomic E-state index is 11.2. The Hall–Kier alpha value is -0.130. The first-order valence-corrected chi connectivity index (χ1v) is 6.76. The zero-order valence-electron chi connectivity index (χ0n) is 9.23.